The van der Waals surface area contributed by atoms with Crippen molar-refractivity contribution in [3.63, 3.8) is 0 Å². The van der Waals surface area contributed by atoms with Crippen LogP contribution in [0.25, 0.3) is 33.5 Å². The minimum Gasteiger partial charge on any atom is -0.497 e. The second kappa shape index (κ2) is 20.2. The molecule has 21 nitrogen and oxygen atoms in total. The monoisotopic (exact) mass is 965 g/mol. The predicted octanol–water partition coefficient (Wildman–Crippen LogP) is 7.43. The van der Waals surface area contributed by atoms with E-state index in [-0.39, 0.29) is 44.5 Å². The van der Waals surface area contributed by atoms with Gasteiger partial charge in [0.15, 0.2) is 23.3 Å². The Labute approximate surface area is 394 Å². The topological polar surface area (TPSA) is 283 Å². The lowest BCUT2D eigenvalue weighted by Gasteiger charge is -2.15. The van der Waals surface area contributed by atoms with Crippen LogP contribution in [0.5, 0.6) is 23.0 Å². The molecule has 0 aliphatic rings. The number of ether oxygens (including phenoxy) is 4. The number of hydrogen-bond acceptors (Lipinski definition) is 18. The van der Waals surface area contributed by atoms with Gasteiger partial charge in [-0.2, -0.15) is 10.5 Å². The number of fused-ring (bicyclic) bond motifs is 2. The van der Waals surface area contributed by atoms with Gasteiger partial charge in [-0.25, -0.2) is 36.8 Å². The van der Waals surface area contributed by atoms with Gasteiger partial charge in [0.05, 0.1) is 71.9 Å². The molecule has 0 aliphatic carbocycles. The van der Waals surface area contributed by atoms with E-state index in [1.54, 1.807) is 84.9 Å². The van der Waals surface area contributed by atoms with Crippen LogP contribution in [0.4, 0.5) is 34.6 Å². The third kappa shape index (κ3) is 10.9. The van der Waals surface area contributed by atoms with Gasteiger partial charge in [-0.1, -0.05) is 42.5 Å². The number of para-hydroxylation sites is 4. The van der Waals surface area contributed by atoms with Gasteiger partial charge in [0, 0.05) is 53.3 Å². The second-order valence-electron chi connectivity index (χ2n) is 14.4. The molecule has 9 rings (SSSR count). The van der Waals surface area contributed by atoms with Crippen LogP contribution in [-0.2, 0) is 20.0 Å². The molecule has 0 spiro atoms. The molecule has 0 unspecified atom stereocenters. The van der Waals surface area contributed by atoms with Crippen LogP contribution >= 0.6 is 0 Å². The molecular weight excluding hydrogens is 927 g/mol. The van der Waals surface area contributed by atoms with Gasteiger partial charge in [0.25, 0.3) is 20.0 Å². The Morgan fingerprint density at radius 2 is 0.928 bits per heavy atom. The van der Waals surface area contributed by atoms with Crippen LogP contribution in [0, 0.1) is 11.3 Å². The van der Waals surface area contributed by atoms with Crippen molar-refractivity contribution in [1.82, 2.24) is 40.6 Å². The fourth-order valence-corrected chi connectivity index (χ4v) is 8.65. The largest absolute Gasteiger partial charge is 0.497 e. The SMILES string of the molecule is COc1cc(Nc2nc3ccccc3nc2NS(=O)(=O)c2cccc(-c3nn[nH]n3)c2)cc(OC)c1.COc1cc(Nc2nc3ccccc3nc2NS(=O)(=O)c2cccc(C#N)c2)cc(OC)c1. The lowest BCUT2D eigenvalue weighted by Crippen LogP contribution is -2.16. The Morgan fingerprint density at radius 1 is 0.507 bits per heavy atom. The summed E-state index contributed by atoms with van der Waals surface area (Å²) in [5, 5.41) is 29.0. The van der Waals surface area contributed by atoms with E-state index in [4.69, 9.17) is 24.2 Å². The van der Waals surface area contributed by atoms with Crippen molar-refractivity contribution in [2.24, 2.45) is 0 Å². The summed E-state index contributed by atoms with van der Waals surface area (Å²) in [7, 11) is -1.97. The third-order valence-corrected chi connectivity index (χ3v) is 12.5. The Bertz CT molecular complexity index is 3550. The van der Waals surface area contributed by atoms with E-state index >= 15 is 0 Å². The number of hydrogen-bond donors (Lipinski definition) is 5. The van der Waals surface area contributed by atoms with Crippen molar-refractivity contribution >= 4 is 76.8 Å². The number of nitriles is 1. The van der Waals surface area contributed by atoms with Crippen molar-refractivity contribution < 1.29 is 35.8 Å². The number of sulfonamides is 2. The zero-order valence-corrected chi connectivity index (χ0v) is 38.5. The lowest BCUT2D eigenvalue weighted by molar-refractivity contribution is 0.394. The molecular formula is C46H39N13O8S2. The van der Waals surface area contributed by atoms with Crippen LogP contribution in [-0.4, -0.2) is 85.8 Å². The first kappa shape index (κ1) is 46.4. The first-order chi connectivity index (χ1) is 33.4. The van der Waals surface area contributed by atoms with E-state index in [0.29, 0.717) is 62.0 Å². The van der Waals surface area contributed by atoms with Gasteiger partial charge in [-0.05, 0) is 59.8 Å². The van der Waals surface area contributed by atoms with E-state index in [2.05, 4.69) is 60.6 Å². The minimum atomic E-state index is -4.06. The van der Waals surface area contributed by atoms with Gasteiger partial charge in [0.1, 0.15) is 23.0 Å². The number of H-pyrrole nitrogens is 1. The van der Waals surface area contributed by atoms with Crippen molar-refractivity contribution in [3.05, 3.63) is 139 Å². The van der Waals surface area contributed by atoms with Crippen LogP contribution in [0.15, 0.2) is 143 Å². The van der Waals surface area contributed by atoms with Crippen molar-refractivity contribution in [3.8, 4) is 40.5 Å². The lowest BCUT2D eigenvalue weighted by atomic mass is 10.2. The van der Waals surface area contributed by atoms with Gasteiger partial charge in [-0.15, -0.1) is 10.2 Å². The Kier molecular flexibility index (Phi) is 13.6. The molecule has 0 amide bonds. The summed E-state index contributed by atoms with van der Waals surface area (Å²) in [6.07, 6.45) is 0. The van der Waals surface area contributed by atoms with Gasteiger partial charge in [0.2, 0.25) is 5.82 Å². The summed E-state index contributed by atoms with van der Waals surface area (Å²) in [6.45, 7) is 0. The Hall–Kier alpha value is -9.14. The average Bonchev–Trinajstić information content (AvgIpc) is 3.92. The summed E-state index contributed by atoms with van der Waals surface area (Å²) in [5.74, 6) is 2.84. The van der Waals surface area contributed by atoms with Crippen molar-refractivity contribution in [2.75, 3.05) is 48.5 Å². The number of tetrazole rings is 1. The highest BCUT2D eigenvalue weighted by Gasteiger charge is 2.22. The van der Waals surface area contributed by atoms with Crippen molar-refractivity contribution in [2.45, 2.75) is 9.79 Å². The number of methoxy groups -OCH3 is 4. The highest BCUT2D eigenvalue weighted by atomic mass is 32.2. The third-order valence-electron chi connectivity index (χ3n) is 9.85. The smallest absolute Gasteiger partial charge is 0.263 e. The molecule has 0 saturated heterocycles. The van der Waals surface area contributed by atoms with E-state index in [9.17, 15) is 16.8 Å². The molecule has 3 heterocycles. The number of nitrogens with zero attached hydrogens (tertiary/aromatic N) is 8. The molecule has 0 bridgehead atoms. The van der Waals surface area contributed by atoms with Gasteiger partial charge in [-0.3, -0.25) is 9.44 Å². The molecule has 3 aromatic heterocycles. The van der Waals surface area contributed by atoms with Crippen LogP contribution < -0.4 is 39.0 Å². The molecule has 348 valence electrons. The van der Waals surface area contributed by atoms with Crippen LogP contribution in [0.1, 0.15) is 5.56 Å². The number of anilines is 6. The zero-order valence-electron chi connectivity index (χ0n) is 36.9. The molecule has 23 heteroatoms. The van der Waals surface area contributed by atoms with Gasteiger partial charge < -0.3 is 29.6 Å². The molecule has 69 heavy (non-hydrogen) atoms. The highest BCUT2D eigenvalue weighted by molar-refractivity contribution is 7.93. The van der Waals surface area contributed by atoms with Gasteiger partial charge >= 0.3 is 0 Å². The Balaban J connectivity index is 0.000000187. The number of aromatic nitrogens is 8. The fourth-order valence-electron chi connectivity index (χ4n) is 6.54. The molecule has 0 atom stereocenters. The Morgan fingerprint density at radius 3 is 1.33 bits per heavy atom. The molecule has 5 N–H and O–H groups in total. The van der Waals surface area contributed by atoms with Crippen LogP contribution in [0.3, 0.4) is 0 Å². The van der Waals surface area contributed by atoms with E-state index < -0.39 is 20.0 Å². The maximum absolute atomic E-state index is 13.4. The summed E-state index contributed by atoms with van der Waals surface area (Å²) < 4.78 is 79.1. The summed E-state index contributed by atoms with van der Waals surface area (Å²) in [5.41, 5.74) is 4.01. The first-order valence-corrected chi connectivity index (χ1v) is 23.3. The highest BCUT2D eigenvalue weighted by Crippen LogP contribution is 2.34. The summed E-state index contributed by atoms with van der Waals surface area (Å²) >= 11 is 0. The quantitative estimate of drug-likeness (QED) is 0.0667. The molecule has 9 aromatic rings. The minimum absolute atomic E-state index is 0.00199. The number of benzene rings is 6. The number of nitrogens with one attached hydrogen (secondary N) is 5. The molecule has 0 radical (unpaired) electrons. The van der Waals surface area contributed by atoms with E-state index in [0.717, 1.165) is 0 Å². The number of aromatic amines is 1. The fraction of sp³-hybridized carbons (Fsp3) is 0.0870. The first-order valence-electron chi connectivity index (χ1n) is 20.3. The molecule has 6 aromatic carbocycles. The normalized spacial score (nSPS) is 11.1. The molecule has 0 saturated carbocycles. The number of rotatable bonds is 15. The predicted molar refractivity (Wildman–Crippen MR) is 257 cm³/mol. The summed E-state index contributed by atoms with van der Waals surface area (Å²) in [6, 6.07) is 38.4. The maximum Gasteiger partial charge on any atom is 0.263 e. The molecule has 0 aliphatic heterocycles. The second-order valence-corrected chi connectivity index (χ2v) is 17.8. The van der Waals surface area contributed by atoms with Crippen molar-refractivity contribution in [1.29, 1.82) is 5.26 Å². The standard InChI is InChI=1S/C23H20N8O4S.C23H19N5O4S/c1-34-16-11-15(12-17(13-16)35-2)24-22-23(26-20-9-4-3-8-19(20)25-22)29-36(32,33)18-7-5-6-14(10-18)21-27-30-31-28-21;1-31-17-11-16(12-18(13-17)32-2)25-22-23(27-21-9-4-3-8-20(21)26-22)28-33(29,30)19-7-5-6-15(10-19)14-24/h3-13H,1-2H3,(H,24,25)(H,26,29)(H,27,28,30,31);3-13H,1-2H3,(H,25,26)(H,27,28). The van der Waals surface area contributed by atoms with E-state index in [1.165, 1.54) is 64.8 Å². The van der Waals surface area contributed by atoms with E-state index in [1.807, 2.05) is 18.2 Å². The van der Waals surface area contributed by atoms with Crippen LogP contribution in [0.2, 0.25) is 0 Å². The molecule has 0 fully saturated rings. The average molecular weight is 966 g/mol. The zero-order chi connectivity index (χ0) is 48.5. The summed E-state index contributed by atoms with van der Waals surface area (Å²) in [4.78, 5) is 18.1. The maximum atomic E-state index is 13.4.